The summed E-state index contributed by atoms with van der Waals surface area (Å²) in [5.74, 6) is 0.151. The van der Waals surface area contributed by atoms with Crippen LogP contribution in [0.1, 0.15) is 18.1 Å². The van der Waals surface area contributed by atoms with Gasteiger partial charge in [0.15, 0.2) is 11.5 Å². The van der Waals surface area contributed by atoms with Crippen LogP contribution in [0.5, 0.6) is 17.2 Å². The average Bonchev–Trinajstić information content (AvgIpc) is 2.93. The van der Waals surface area contributed by atoms with Crippen LogP contribution in [0.4, 0.5) is 5.69 Å². The molecular formula is C20H19ClN2O4. The lowest BCUT2D eigenvalue weighted by Crippen LogP contribution is -2.22. The number of phenolic OH excluding ortho intramolecular Hbond substituents is 1. The van der Waals surface area contributed by atoms with Crippen molar-refractivity contribution in [3.05, 3.63) is 52.1 Å². The molecule has 1 heterocycles. The second-order valence-corrected chi connectivity index (χ2v) is 6.43. The van der Waals surface area contributed by atoms with E-state index in [1.165, 1.54) is 19.2 Å². The minimum atomic E-state index is -0.260. The molecule has 0 aliphatic carbocycles. The van der Waals surface area contributed by atoms with E-state index in [0.29, 0.717) is 27.6 Å². The number of phenols is 1. The van der Waals surface area contributed by atoms with Gasteiger partial charge in [-0.05, 0) is 55.3 Å². The number of hydrazone groups is 1. The number of hydrogen-bond acceptors (Lipinski definition) is 5. The first-order valence-corrected chi connectivity index (χ1v) is 8.57. The van der Waals surface area contributed by atoms with E-state index in [-0.39, 0.29) is 23.2 Å². The maximum atomic E-state index is 12.9. The third-order valence-electron chi connectivity index (χ3n) is 4.34. The van der Waals surface area contributed by atoms with E-state index >= 15 is 0 Å². The fourth-order valence-corrected chi connectivity index (χ4v) is 3.01. The van der Waals surface area contributed by atoms with E-state index in [0.717, 1.165) is 5.56 Å². The summed E-state index contributed by atoms with van der Waals surface area (Å²) in [4.78, 5) is 12.9. The van der Waals surface area contributed by atoms with Crippen LogP contribution in [0.25, 0.3) is 6.08 Å². The second kappa shape index (κ2) is 7.32. The van der Waals surface area contributed by atoms with E-state index in [9.17, 15) is 9.90 Å². The van der Waals surface area contributed by atoms with Crippen LogP contribution in [0.2, 0.25) is 5.02 Å². The van der Waals surface area contributed by atoms with Crippen molar-refractivity contribution in [3.8, 4) is 17.2 Å². The lowest BCUT2D eigenvalue weighted by atomic mass is 10.1. The van der Waals surface area contributed by atoms with Gasteiger partial charge in [-0.2, -0.15) is 10.1 Å². The maximum absolute atomic E-state index is 12.9. The summed E-state index contributed by atoms with van der Waals surface area (Å²) in [5, 5.41) is 16.3. The Morgan fingerprint density at radius 2 is 1.78 bits per heavy atom. The molecule has 3 rings (SSSR count). The van der Waals surface area contributed by atoms with Crippen molar-refractivity contribution in [2.24, 2.45) is 5.10 Å². The summed E-state index contributed by atoms with van der Waals surface area (Å²) >= 11 is 6.17. The van der Waals surface area contributed by atoms with Gasteiger partial charge in [-0.3, -0.25) is 4.79 Å². The Labute approximate surface area is 162 Å². The van der Waals surface area contributed by atoms with Gasteiger partial charge < -0.3 is 14.6 Å². The van der Waals surface area contributed by atoms with Gasteiger partial charge in [-0.25, -0.2) is 0 Å². The number of benzene rings is 2. The molecule has 2 aromatic carbocycles. The van der Waals surface area contributed by atoms with Crippen molar-refractivity contribution in [1.82, 2.24) is 0 Å². The molecule has 0 saturated heterocycles. The SMILES string of the molecule is COc1cc(/C=C2/C(=O)N(c3cccc(Cl)c3C)N=C2C)cc(OC)c1O. The molecule has 0 radical (unpaired) electrons. The van der Waals surface area contributed by atoms with Gasteiger partial charge >= 0.3 is 0 Å². The molecule has 0 aromatic heterocycles. The lowest BCUT2D eigenvalue weighted by Gasteiger charge is -2.15. The van der Waals surface area contributed by atoms with Gasteiger partial charge in [0.25, 0.3) is 5.91 Å². The summed E-state index contributed by atoms with van der Waals surface area (Å²) in [6.07, 6.45) is 1.69. The van der Waals surface area contributed by atoms with E-state index < -0.39 is 0 Å². The predicted octanol–water partition coefficient (Wildman–Crippen LogP) is 4.18. The predicted molar refractivity (Wildman–Crippen MR) is 106 cm³/mol. The molecular weight excluding hydrogens is 368 g/mol. The summed E-state index contributed by atoms with van der Waals surface area (Å²) in [5.41, 5.74) is 3.06. The van der Waals surface area contributed by atoms with Crippen molar-refractivity contribution in [2.45, 2.75) is 13.8 Å². The number of rotatable bonds is 4. The molecule has 1 amide bonds. The highest BCUT2D eigenvalue weighted by atomic mass is 35.5. The molecule has 0 fully saturated rings. The van der Waals surface area contributed by atoms with Crippen LogP contribution in [0, 0.1) is 6.92 Å². The van der Waals surface area contributed by atoms with Gasteiger partial charge in [0.1, 0.15) is 0 Å². The first kappa shape index (κ1) is 18.8. The van der Waals surface area contributed by atoms with Gasteiger partial charge in [-0.1, -0.05) is 17.7 Å². The standard InChI is InChI=1S/C20H19ClN2O4/c1-11-15(21)6-5-7-16(11)23-20(25)14(12(2)22-23)8-13-9-17(26-3)19(24)18(10-13)27-4/h5-10,24H,1-4H3/b14-8+. The third kappa shape index (κ3) is 3.36. The number of halogens is 1. The Morgan fingerprint density at radius 3 is 2.37 bits per heavy atom. The normalized spacial score (nSPS) is 15.3. The average molecular weight is 387 g/mol. The highest BCUT2D eigenvalue weighted by Crippen LogP contribution is 2.38. The van der Waals surface area contributed by atoms with Gasteiger partial charge in [0, 0.05) is 5.02 Å². The Bertz CT molecular complexity index is 957. The molecule has 2 aromatic rings. The third-order valence-corrected chi connectivity index (χ3v) is 4.75. The van der Waals surface area contributed by atoms with E-state index in [1.807, 2.05) is 6.92 Å². The molecule has 0 spiro atoms. The summed E-state index contributed by atoms with van der Waals surface area (Å²) in [7, 11) is 2.89. The van der Waals surface area contributed by atoms with Crippen molar-refractivity contribution in [2.75, 3.05) is 19.2 Å². The molecule has 6 nitrogen and oxygen atoms in total. The van der Waals surface area contributed by atoms with Crippen molar-refractivity contribution in [3.63, 3.8) is 0 Å². The quantitative estimate of drug-likeness (QED) is 0.800. The fourth-order valence-electron chi connectivity index (χ4n) is 2.84. The molecule has 0 unspecified atom stereocenters. The monoisotopic (exact) mass is 386 g/mol. The zero-order valence-electron chi connectivity index (χ0n) is 15.4. The molecule has 1 N–H and O–H groups in total. The minimum absolute atomic E-state index is 0.0959. The fraction of sp³-hybridized carbons (Fsp3) is 0.200. The minimum Gasteiger partial charge on any atom is -0.502 e. The smallest absolute Gasteiger partial charge is 0.280 e. The number of amides is 1. The molecule has 27 heavy (non-hydrogen) atoms. The second-order valence-electron chi connectivity index (χ2n) is 6.02. The topological polar surface area (TPSA) is 71.4 Å². The van der Waals surface area contributed by atoms with Crippen LogP contribution in [-0.4, -0.2) is 30.9 Å². The molecule has 0 atom stereocenters. The number of anilines is 1. The zero-order valence-corrected chi connectivity index (χ0v) is 16.2. The molecule has 140 valence electrons. The van der Waals surface area contributed by atoms with Crippen molar-refractivity contribution in [1.29, 1.82) is 0 Å². The number of methoxy groups -OCH3 is 2. The van der Waals surface area contributed by atoms with Gasteiger partial charge in [0.05, 0.1) is 31.2 Å². The molecule has 0 bridgehead atoms. The molecule has 1 aliphatic rings. The highest BCUT2D eigenvalue weighted by Gasteiger charge is 2.30. The van der Waals surface area contributed by atoms with E-state index in [1.54, 1.807) is 43.3 Å². The molecule has 7 heteroatoms. The number of aromatic hydroxyl groups is 1. The Hall–Kier alpha value is -2.99. The Morgan fingerprint density at radius 1 is 1.15 bits per heavy atom. The molecule has 0 saturated carbocycles. The van der Waals surface area contributed by atoms with Gasteiger partial charge in [0.2, 0.25) is 5.75 Å². The van der Waals surface area contributed by atoms with E-state index in [2.05, 4.69) is 5.10 Å². The first-order valence-electron chi connectivity index (χ1n) is 8.19. The largest absolute Gasteiger partial charge is 0.502 e. The summed E-state index contributed by atoms with van der Waals surface area (Å²) in [6.45, 7) is 3.60. The Balaban J connectivity index is 2.03. The number of hydrogen-bond donors (Lipinski definition) is 1. The summed E-state index contributed by atoms with van der Waals surface area (Å²) in [6, 6.07) is 8.59. The highest BCUT2D eigenvalue weighted by molar-refractivity contribution is 6.34. The van der Waals surface area contributed by atoms with Crippen molar-refractivity contribution >= 4 is 35.0 Å². The summed E-state index contributed by atoms with van der Waals surface area (Å²) < 4.78 is 10.3. The van der Waals surface area contributed by atoms with Crippen LogP contribution >= 0.6 is 11.6 Å². The number of carbonyl (C=O) groups excluding carboxylic acids is 1. The lowest BCUT2D eigenvalue weighted by molar-refractivity contribution is -0.114. The maximum Gasteiger partial charge on any atom is 0.280 e. The molecule has 1 aliphatic heterocycles. The first-order chi connectivity index (χ1) is 12.9. The number of ether oxygens (including phenoxy) is 2. The van der Waals surface area contributed by atoms with Crippen LogP contribution < -0.4 is 14.5 Å². The number of nitrogens with zero attached hydrogens (tertiary/aromatic N) is 2. The van der Waals surface area contributed by atoms with Crippen LogP contribution in [0.3, 0.4) is 0 Å². The van der Waals surface area contributed by atoms with Crippen LogP contribution in [0.15, 0.2) is 41.0 Å². The van der Waals surface area contributed by atoms with Crippen LogP contribution in [-0.2, 0) is 4.79 Å². The zero-order chi connectivity index (χ0) is 19.7. The van der Waals surface area contributed by atoms with Crippen molar-refractivity contribution < 1.29 is 19.4 Å². The van der Waals surface area contributed by atoms with E-state index in [4.69, 9.17) is 21.1 Å². The van der Waals surface area contributed by atoms with Gasteiger partial charge in [-0.15, -0.1) is 0 Å². The Kier molecular flexibility index (Phi) is 5.10. The number of carbonyl (C=O) groups is 1.